The molecule has 0 fully saturated rings. The minimum Gasteiger partial charge on any atom is -0.356 e. The first-order valence-electron chi connectivity index (χ1n) is 8.22. The third-order valence-corrected chi connectivity index (χ3v) is 3.88. The summed E-state index contributed by atoms with van der Waals surface area (Å²) in [5.74, 6) is 0.502. The topological polar surface area (TPSA) is 74.2 Å². The minimum absolute atomic E-state index is 0. The van der Waals surface area contributed by atoms with Crippen LogP contribution in [0.3, 0.4) is 0 Å². The van der Waals surface area contributed by atoms with Crippen LogP contribution in [0.2, 0.25) is 5.02 Å². The first-order valence-corrected chi connectivity index (χ1v) is 8.60. The summed E-state index contributed by atoms with van der Waals surface area (Å²) in [4.78, 5) is 11.3. The molecule has 0 aliphatic heterocycles. The van der Waals surface area contributed by atoms with E-state index >= 15 is 0 Å². The lowest BCUT2D eigenvalue weighted by Gasteiger charge is -2.13. The predicted molar refractivity (Wildman–Crippen MR) is 115 cm³/mol. The van der Waals surface area contributed by atoms with Gasteiger partial charge in [0.25, 0.3) is 0 Å². The molecular weight excluding hydrogens is 508 g/mol. The maximum atomic E-state index is 12.6. The highest BCUT2D eigenvalue weighted by atomic mass is 127. The van der Waals surface area contributed by atoms with Crippen molar-refractivity contribution in [2.24, 2.45) is 4.99 Å². The van der Waals surface area contributed by atoms with E-state index in [1.54, 1.807) is 7.05 Å². The Labute approximate surface area is 183 Å². The zero-order valence-electron chi connectivity index (χ0n) is 15.1. The number of hydrogen-bond acceptors (Lipinski definition) is 4. The molecule has 0 saturated heterocycles. The summed E-state index contributed by atoms with van der Waals surface area (Å²) < 4.78 is 37.8. The van der Waals surface area contributed by atoms with Crippen LogP contribution in [-0.4, -0.2) is 42.6 Å². The highest BCUT2D eigenvalue weighted by molar-refractivity contribution is 14.0. The normalized spacial score (nSPS) is 11.5. The Kier molecular flexibility index (Phi) is 10.3. The number of benzene rings is 1. The Balaban J connectivity index is 0.00000392. The van der Waals surface area contributed by atoms with E-state index in [1.165, 1.54) is 0 Å². The average Bonchev–Trinajstić information content (AvgIpc) is 2.64. The molecule has 0 radical (unpaired) electrons. The average molecular weight is 529 g/mol. The molecule has 28 heavy (non-hydrogen) atoms. The van der Waals surface area contributed by atoms with Gasteiger partial charge in [-0.3, -0.25) is 4.99 Å². The van der Waals surface area contributed by atoms with Crippen LogP contribution in [0, 0.1) is 0 Å². The molecule has 0 unspecified atom stereocenters. The van der Waals surface area contributed by atoms with Gasteiger partial charge in [0.1, 0.15) is 5.69 Å². The molecule has 0 amide bonds. The van der Waals surface area contributed by atoms with Gasteiger partial charge in [-0.05, 0) is 24.1 Å². The molecule has 1 heterocycles. The van der Waals surface area contributed by atoms with Crippen molar-refractivity contribution in [2.75, 3.05) is 32.0 Å². The van der Waals surface area contributed by atoms with Gasteiger partial charge < -0.3 is 16.0 Å². The van der Waals surface area contributed by atoms with E-state index in [4.69, 9.17) is 11.6 Å². The van der Waals surface area contributed by atoms with E-state index in [0.29, 0.717) is 30.6 Å². The van der Waals surface area contributed by atoms with Gasteiger partial charge in [0.15, 0.2) is 5.96 Å². The Morgan fingerprint density at radius 1 is 1.11 bits per heavy atom. The molecule has 3 N–H and O–H groups in total. The molecule has 154 valence electrons. The Morgan fingerprint density at radius 2 is 1.82 bits per heavy atom. The third-order valence-electron chi connectivity index (χ3n) is 3.51. The van der Waals surface area contributed by atoms with E-state index in [0.717, 1.165) is 24.2 Å². The summed E-state index contributed by atoms with van der Waals surface area (Å²) in [5.41, 5.74) is 0.0514. The second-order valence-electron chi connectivity index (χ2n) is 5.46. The molecule has 6 nitrogen and oxygen atoms in total. The number of rotatable bonds is 7. The van der Waals surface area contributed by atoms with E-state index < -0.39 is 11.9 Å². The van der Waals surface area contributed by atoms with Crippen molar-refractivity contribution in [1.82, 2.24) is 20.6 Å². The summed E-state index contributed by atoms with van der Waals surface area (Å²) in [7, 11) is 1.63. The third kappa shape index (κ3) is 8.05. The van der Waals surface area contributed by atoms with Gasteiger partial charge in [0.05, 0.1) is 0 Å². The zero-order valence-corrected chi connectivity index (χ0v) is 18.1. The first kappa shape index (κ1) is 24.2. The summed E-state index contributed by atoms with van der Waals surface area (Å²) in [6.07, 6.45) is -2.69. The van der Waals surface area contributed by atoms with Crippen LogP contribution < -0.4 is 16.0 Å². The van der Waals surface area contributed by atoms with Crippen molar-refractivity contribution >= 4 is 47.5 Å². The highest BCUT2D eigenvalue weighted by Crippen LogP contribution is 2.27. The van der Waals surface area contributed by atoms with Crippen molar-refractivity contribution in [3.63, 3.8) is 0 Å². The lowest BCUT2D eigenvalue weighted by molar-refractivity contribution is -0.141. The number of aliphatic imine (C=N–C) groups is 1. The quantitative estimate of drug-likeness (QED) is 0.222. The Hall–Kier alpha value is -1.82. The van der Waals surface area contributed by atoms with Crippen LogP contribution in [0.15, 0.2) is 41.5 Å². The zero-order chi connectivity index (χ0) is 19.7. The monoisotopic (exact) mass is 528 g/mol. The molecule has 0 spiro atoms. The van der Waals surface area contributed by atoms with Crippen LogP contribution >= 0.6 is 35.6 Å². The van der Waals surface area contributed by atoms with E-state index in [9.17, 15) is 13.2 Å². The van der Waals surface area contributed by atoms with Crippen molar-refractivity contribution in [1.29, 1.82) is 0 Å². The molecule has 1 aromatic heterocycles. The molecule has 2 rings (SSSR count). The summed E-state index contributed by atoms with van der Waals surface area (Å²) in [5, 5.41) is 9.65. The van der Waals surface area contributed by atoms with Crippen LogP contribution in [0.1, 0.15) is 11.3 Å². The van der Waals surface area contributed by atoms with Crippen LogP contribution in [-0.2, 0) is 12.6 Å². The summed E-state index contributed by atoms with van der Waals surface area (Å²) in [6, 6.07) is 8.43. The number of nitrogens with one attached hydrogen (secondary N) is 3. The first-order chi connectivity index (χ1) is 12.9. The fourth-order valence-electron chi connectivity index (χ4n) is 2.19. The molecule has 0 atom stereocenters. The largest absolute Gasteiger partial charge is 0.433 e. The van der Waals surface area contributed by atoms with Crippen molar-refractivity contribution in [3.05, 3.63) is 52.8 Å². The van der Waals surface area contributed by atoms with E-state index in [2.05, 4.69) is 30.9 Å². The van der Waals surface area contributed by atoms with Gasteiger partial charge in [-0.1, -0.05) is 29.8 Å². The second-order valence-corrected chi connectivity index (χ2v) is 5.86. The van der Waals surface area contributed by atoms with Gasteiger partial charge in [-0.2, -0.15) is 13.2 Å². The lowest BCUT2D eigenvalue weighted by Crippen LogP contribution is -2.40. The number of hydrogen-bond donors (Lipinski definition) is 3. The summed E-state index contributed by atoms with van der Waals surface area (Å²) >= 11 is 6.11. The van der Waals surface area contributed by atoms with Crippen molar-refractivity contribution in [2.45, 2.75) is 12.6 Å². The molecule has 0 aliphatic rings. The van der Waals surface area contributed by atoms with Gasteiger partial charge in [0, 0.05) is 37.9 Å². The molecule has 1 aromatic carbocycles. The second kappa shape index (κ2) is 11.9. The number of anilines is 1. The molecule has 11 heteroatoms. The molecule has 0 saturated carbocycles. The number of aromatic nitrogens is 2. The van der Waals surface area contributed by atoms with Crippen molar-refractivity contribution in [3.8, 4) is 0 Å². The van der Waals surface area contributed by atoms with Gasteiger partial charge in [-0.25, -0.2) is 9.97 Å². The Morgan fingerprint density at radius 3 is 2.50 bits per heavy atom. The number of nitrogens with zero attached hydrogens (tertiary/aromatic N) is 3. The standard InChI is InChI=1S/C17H20ClF3N6.HI/c1-22-15(23-8-6-12-4-2-3-5-13(12)18)25-10-11-26-16-24-9-7-14(27-16)17(19,20)21;/h2-5,7,9H,6,8,10-11H2,1H3,(H2,22,23,25)(H,24,26,27);1H. The SMILES string of the molecule is CN=C(NCCNc1nccc(C(F)(F)F)n1)NCCc1ccccc1Cl.I. The fourth-order valence-corrected chi connectivity index (χ4v) is 2.42. The van der Waals surface area contributed by atoms with Crippen LogP contribution in [0.4, 0.5) is 19.1 Å². The van der Waals surface area contributed by atoms with Crippen LogP contribution in [0.5, 0.6) is 0 Å². The molecular formula is C17H21ClF3IN6. The van der Waals surface area contributed by atoms with Crippen molar-refractivity contribution < 1.29 is 13.2 Å². The lowest BCUT2D eigenvalue weighted by atomic mass is 10.1. The minimum atomic E-state index is -4.49. The number of alkyl halides is 3. The molecule has 0 aliphatic carbocycles. The molecule has 0 bridgehead atoms. The van der Waals surface area contributed by atoms with E-state index in [-0.39, 0.29) is 29.9 Å². The smallest absolute Gasteiger partial charge is 0.356 e. The van der Waals surface area contributed by atoms with Gasteiger partial charge in [-0.15, -0.1) is 24.0 Å². The van der Waals surface area contributed by atoms with Crippen LogP contribution in [0.25, 0.3) is 0 Å². The maximum absolute atomic E-state index is 12.6. The fraction of sp³-hybridized carbons (Fsp3) is 0.353. The maximum Gasteiger partial charge on any atom is 0.433 e. The Bertz CT molecular complexity index is 773. The number of guanidine groups is 1. The van der Waals surface area contributed by atoms with Gasteiger partial charge in [0.2, 0.25) is 5.95 Å². The number of halogens is 5. The van der Waals surface area contributed by atoms with Gasteiger partial charge >= 0.3 is 6.18 Å². The van der Waals surface area contributed by atoms with E-state index in [1.807, 2.05) is 24.3 Å². The molecule has 2 aromatic rings. The predicted octanol–water partition coefficient (Wildman–Crippen LogP) is 3.59. The highest BCUT2D eigenvalue weighted by Gasteiger charge is 2.32. The summed E-state index contributed by atoms with van der Waals surface area (Å²) in [6.45, 7) is 1.38.